The number of hydrogen-bond donors (Lipinski definition) is 2. The van der Waals surface area contributed by atoms with E-state index in [1.54, 1.807) is 0 Å². The number of para-hydroxylation sites is 1. The topological polar surface area (TPSA) is 58.2 Å². The molecule has 0 radical (unpaired) electrons. The third-order valence-corrected chi connectivity index (χ3v) is 5.75. The molecule has 1 aliphatic rings. The van der Waals surface area contributed by atoms with Crippen LogP contribution in [0.15, 0.2) is 54.6 Å². The van der Waals surface area contributed by atoms with E-state index in [1.165, 1.54) is 17.3 Å². The molecule has 0 saturated heterocycles. The summed E-state index contributed by atoms with van der Waals surface area (Å²) in [6, 6.07) is 18.1. The third-order valence-electron chi connectivity index (χ3n) is 4.47. The normalized spacial score (nSPS) is 16.3. The third kappa shape index (κ3) is 5.36. The van der Waals surface area contributed by atoms with E-state index >= 15 is 0 Å². The minimum atomic E-state index is -0.183. The van der Waals surface area contributed by atoms with Crippen LogP contribution in [-0.4, -0.2) is 29.4 Å². The first-order chi connectivity index (χ1) is 12.7. The lowest BCUT2D eigenvalue weighted by atomic mass is 10.1. The maximum Gasteiger partial charge on any atom is 0.237 e. The quantitative estimate of drug-likeness (QED) is 0.736. The number of hydrogen-bond acceptors (Lipinski definition) is 3. The molecule has 1 atom stereocenters. The van der Waals surface area contributed by atoms with Crippen molar-refractivity contribution in [1.82, 2.24) is 5.32 Å². The molecule has 2 aromatic rings. The van der Waals surface area contributed by atoms with Gasteiger partial charge in [0.15, 0.2) is 0 Å². The van der Waals surface area contributed by atoms with E-state index in [0.717, 1.165) is 36.9 Å². The number of thioether (sulfide) groups is 1. The first-order valence-electron chi connectivity index (χ1n) is 9.03. The van der Waals surface area contributed by atoms with Crippen molar-refractivity contribution in [3.8, 4) is 0 Å². The molecule has 26 heavy (non-hydrogen) atoms. The van der Waals surface area contributed by atoms with Crippen molar-refractivity contribution in [1.29, 1.82) is 0 Å². The Hall–Kier alpha value is -2.27. The molecule has 1 aliphatic heterocycles. The molecule has 0 saturated carbocycles. The lowest BCUT2D eigenvalue weighted by molar-refractivity contribution is -0.118. The minimum absolute atomic E-state index is 0.00220. The second kappa shape index (κ2) is 9.43. The minimum Gasteiger partial charge on any atom is -0.355 e. The van der Waals surface area contributed by atoms with E-state index in [9.17, 15) is 9.59 Å². The van der Waals surface area contributed by atoms with Crippen molar-refractivity contribution in [2.75, 3.05) is 17.6 Å². The SMILES string of the molecule is O=C(CS[C@H]1CCc2ccccc2NC1=O)NCCCc1ccccc1. The van der Waals surface area contributed by atoms with Gasteiger partial charge in [0.1, 0.15) is 0 Å². The fourth-order valence-electron chi connectivity index (χ4n) is 3.04. The van der Waals surface area contributed by atoms with Gasteiger partial charge in [-0.25, -0.2) is 0 Å². The Balaban J connectivity index is 1.37. The highest BCUT2D eigenvalue weighted by Gasteiger charge is 2.24. The van der Waals surface area contributed by atoms with Gasteiger partial charge in [0, 0.05) is 12.2 Å². The van der Waals surface area contributed by atoms with Crippen LogP contribution in [0.25, 0.3) is 0 Å². The van der Waals surface area contributed by atoms with E-state index in [1.807, 2.05) is 42.5 Å². The maximum atomic E-state index is 12.3. The van der Waals surface area contributed by atoms with Gasteiger partial charge in [0.2, 0.25) is 11.8 Å². The Morgan fingerprint density at radius 1 is 1.12 bits per heavy atom. The second-order valence-electron chi connectivity index (χ2n) is 6.42. The molecule has 2 aromatic carbocycles. The van der Waals surface area contributed by atoms with Crippen molar-refractivity contribution in [3.63, 3.8) is 0 Å². The van der Waals surface area contributed by atoms with Crippen LogP contribution in [-0.2, 0) is 22.4 Å². The number of carbonyl (C=O) groups is 2. The lowest BCUT2D eigenvalue weighted by Gasteiger charge is -2.12. The Morgan fingerprint density at radius 3 is 2.73 bits per heavy atom. The zero-order valence-corrected chi connectivity index (χ0v) is 15.6. The summed E-state index contributed by atoms with van der Waals surface area (Å²) >= 11 is 1.43. The molecule has 1 heterocycles. The molecule has 0 aliphatic carbocycles. The molecule has 2 N–H and O–H groups in total. The van der Waals surface area contributed by atoms with Gasteiger partial charge >= 0.3 is 0 Å². The predicted octanol–water partition coefficient (Wildman–Crippen LogP) is 3.42. The summed E-state index contributed by atoms with van der Waals surface area (Å²) in [5.41, 5.74) is 3.34. The molecule has 0 unspecified atom stereocenters. The molecule has 0 fully saturated rings. The lowest BCUT2D eigenvalue weighted by Crippen LogP contribution is -2.30. The van der Waals surface area contributed by atoms with Crippen LogP contribution in [0.5, 0.6) is 0 Å². The van der Waals surface area contributed by atoms with Crippen LogP contribution >= 0.6 is 11.8 Å². The van der Waals surface area contributed by atoms with Crippen LogP contribution in [0.4, 0.5) is 5.69 Å². The Kier molecular flexibility index (Phi) is 6.72. The van der Waals surface area contributed by atoms with Gasteiger partial charge in [-0.05, 0) is 42.9 Å². The molecule has 0 bridgehead atoms. The largest absolute Gasteiger partial charge is 0.355 e. The van der Waals surface area contributed by atoms with Gasteiger partial charge in [-0.15, -0.1) is 11.8 Å². The number of rotatable bonds is 7. The van der Waals surface area contributed by atoms with Crippen molar-refractivity contribution in [3.05, 3.63) is 65.7 Å². The van der Waals surface area contributed by atoms with Crippen molar-refractivity contribution in [2.24, 2.45) is 0 Å². The smallest absolute Gasteiger partial charge is 0.237 e. The first-order valence-corrected chi connectivity index (χ1v) is 10.1. The molecular formula is C21H24N2O2S. The number of fused-ring (bicyclic) bond motifs is 1. The number of benzene rings is 2. The van der Waals surface area contributed by atoms with Crippen molar-refractivity contribution >= 4 is 29.3 Å². The van der Waals surface area contributed by atoms with Crippen LogP contribution in [0.3, 0.4) is 0 Å². The molecule has 0 spiro atoms. The molecule has 2 amide bonds. The number of nitrogens with one attached hydrogen (secondary N) is 2. The first kappa shape index (κ1) is 18.5. The summed E-state index contributed by atoms with van der Waals surface area (Å²) in [5.74, 6) is 0.314. The van der Waals surface area contributed by atoms with Crippen LogP contribution < -0.4 is 10.6 Å². The standard InChI is InChI=1S/C21H24N2O2S/c24-20(22-14-6-9-16-7-2-1-3-8-16)15-26-19-13-12-17-10-4-5-11-18(17)23-21(19)25/h1-5,7-8,10-11,19H,6,9,12-15H2,(H,22,24)(H,23,25)/t19-/m0/s1. The van der Waals surface area contributed by atoms with Gasteiger partial charge in [-0.2, -0.15) is 0 Å². The number of amides is 2. The predicted molar refractivity (Wildman–Crippen MR) is 107 cm³/mol. The fourth-order valence-corrected chi connectivity index (χ4v) is 3.99. The van der Waals surface area contributed by atoms with E-state index in [2.05, 4.69) is 22.8 Å². The molecule has 3 rings (SSSR count). The average molecular weight is 369 g/mol. The Labute approximate surface area is 158 Å². The summed E-state index contributed by atoms with van der Waals surface area (Å²) < 4.78 is 0. The molecule has 136 valence electrons. The molecule has 0 aromatic heterocycles. The summed E-state index contributed by atoms with van der Waals surface area (Å²) in [6.45, 7) is 0.663. The van der Waals surface area contributed by atoms with Gasteiger partial charge in [-0.3, -0.25) is 9.59 Å². The summed E-state index contributed by atoms with van der Waals surface area (Å²) in [4.78, 5) is 24.4. The average Bonchev–Trinajstić information content (AvgIpc) is 2.82. The highest BCUT2D eigenvalue weighted by molar-refractivity contribution is 8.01. The van der Waals surface area contributed by atoms with E-state index in [-0.39, 0.29) is 17.1 Å². The van der Waals surface area contributed by atoms with Gasteiger partial charge in [0.25, 0.3) is 0 Å². The monoisotopic (exact) mass is 368 g/mol. The maximum absolute atomic E-state index is 12.3. The highest BCUT2D eigenvalue weighted by Crippen LogP contribution is 2.26. The molecule has 4 nitrogen and oxygen atoms in total. The zero-order valence-electron chi connectivity index (χ0n) is 14.7. The van der Waals surface area contributed by atoms with Crippen LogP contribution in [0.1, 0.15) is 24.0 Å². The number of carbonyl (C=O) groups excluding carboxylic acids is 2. The number of anilines is 1. The Morgan fingerprint density at radius 2 is 1.88 bits per heavy atom. The summed E-state index contributed by atoms with van der Waals surface area (Å²) in [5, 5.41) is 5.74. The van der Waals surface area contributed by atoms with E-state index < -0.39 is 0 Å². The number of aryl methyl sites for hydroxylation is 2. The van der Waals surface area contributed by atoms with Gasteiger partial charge < -0.3 is 10.6 Å². The summed E-state index contributed by atoms with van der Waals surface area (Å²) in [7, 11) is 0. The van der Waals surface area contributed by atoms with Crippen LogP contribution in [0, 0.1) is 0 Å². The highest BCUT2D eigenvalue weighted by atomic mass is 32.2. The van der Waals surface area contributed by atoms with Crippen molar-refractivity contribution < 1.29 is 9.59 Å². The second-order valence-corrected chi connectivity index (χ2v) is 7.61. The van der Waals surface area contributed by atoms with Gasteiger partial charge in [0.05, 0.1) is 11.0 Å². The zero-order chi connectivity index (χ0) is 18.2. The van der Waals surface area contributed by atoms with E-state index in [4.69, 9.17) is 0 Å². The summed E-state index contributed by atoms with van der Waals surface area (Å²) in [6.07, 6.45) is 3.48. The van der Waals surface area contributed by atoms with Crippen molar-refractivity contribution in [2.45, 2.75) is 30.9 Å². The fraction of sp³-hybridized carbons (Fsp3) is 0.333. The van der Waals surface area contributed by atoms with Crippen LogP contribution in [0.2, 0.25) is 0 Å². The van der Waals surface area contributed by atoms with E-state index in [0.29, 0.717) is 12.3 Å². The molecule has 5 heteroatoms. The molecular weight excluding hydrogens is 344 g/mol. The van der Waals surface area contributed by atoms with Gasteiger partial charge in [-0.1, -0.05) is 48.5 Å². The Bertz CT molecular complexity index is 749.